The minimum atomic E-state index is -3.86. The van der Waals surface area contributed by atoms with Gasteiger partial charge in [-0.15, -0.1) is 0 Å². The van der Waals surface area contributed by atoms with Crippen molar-refractivity contribution in [3.63, 3.8) is 0 Å². The van der Waals surface area contributed by atoms with Crippen molar-refractivity contribution in [1.29, 1.82) is 0 Å². The number of sulfonamides is 1. The summed E-state index contributed by atoms with van der Waals surface area (Å²) < 4.78 is 40.2. The van der Waals surface area contributed by atoms with Gasteiger partial charge in [0.25, 0.3) is 0 Å². The van der Waals surface area contributed by atoms with E-state index in [-0.39, 0.29) is 22.2 Å². The fraction of sp³-hybridized carbons (Fsp3) is 0.538. The topological polar surface area (TPSA) is 63.4 Å². The summed E-state index contributed by atoms with van der Waals surface area (Å²) >= 11 is 0. The first-order valence-corrected chi connectivity index (χ1v) is 7.73. The summed E-state index contributed by atoms with van der Waals surface area (Å²) in [6.45, 7) is 5.31. The zero-order valence-electron chi connectivity index (χ0n) is 11.8. The van der Waals surface area contributed by atoms with Gasteiger partial charge in [0.1, 0.15) is 10.7 Å². The van der Waals surface area contributed by atoms with Gasteiger partial charge in [0, 0.05) is 18.8 Å². The number of hydrogen-bond donors (Lipinski definition) is 1. The Morgan fingerprint density at radius 2 is 1.84 bits per heavy atom. The van der Waals surface area contributed by atoms with Gasteiger partial charge in [-0.25, -0.2) is 12.8 Å². The number of nitrogen functional groups attached to an aromatic ring is 1. The maximum atomic E-state index is 14.0. The van der Waals surface area contributed by atoms with Gasteiger partial charge in [-0.1, -0.05) is 13.8 Å². The molecule has 108 valence electrons. The minimum Gasteiger partial charge on any atom is -0.399 e. The largest absolute Gasteiger partial charge is 0.399 e. The van der Waals surface area contributed by atoms with E-state index in [1.54, 1.807) is 0 Å². The van der Waals surface area contributed by atoms with Crippen LogP contribution in [0.25, 0.3) is 0 Å². The summed E-state index contributed by atoms with van der Waals surface area (Å²) in [7, 11) is -2.38. The number of benzene rings is 1. The van der Waals surface area contributed by atoms with Crippen molar-refractivity contribution in [3.8, 4) is 0 Å². The summed E-state index contributed by atoms with van der Waals surface area (Å²) in [5, 5.41) is 0. The van der Waals surface area contributed by atoms with E-state index in [1.807, 2.05) is 13.8 Å². The van der Waals surface area contributed by atoms with Crippen molar-refractivity contribution < 1.29 is 12.8 Å². The molecule has 1 aromatic rings. The van der Waals surface area contributed by atoms with Crippen LogP contribution in [0.2, 0.25) is 0 Å². The summed E-state index contributed by atoms with van der Waals surface area (Å²) in [6, 6.07) is 2.45. The van der Waals surface area contributed by atoms with Crippen molar-refractivity contribution >= 4 is 15.7 Å². The van der Waals surface area contributed by atoms with Crippen LogP contribution >= 0.6 is 0 Å². The fourth-order valence-electron chi connectivity index (χ4n) is 2.11. The summed E-state index contributed by atoms with van der Waals surface area (Å²) in [4.78, 5) is -0.348. The summed E-state index contributed by atoms with van der Waals surface area (Å²) in [6.07, 6.45) is 1.35. The smallest absolute Gasteiger partial charge is 0.246 e. The molecule has 6 heteroatoms. The van der Waals surface area contributed by atoms with Crippen LogP contribution in [0.15, 0.2) is 17.0 Å². The van der Waals surface area contributed by atoms with Gasteiger partial charge in [-0.2, -0.15) is 4.31 Å². The Kier molecular flexibility index (Phi) is 4.92. The number of halogens is 1. The predicted molar refractivity (Wildman–Crippen MR) is 74.9 cm³/mol. The monoisotopic (exact) mass is 288 g/mol. The van der Waals surface area contributed by atoms with Gasteiger partial charge >= 0.3 is 0 Å². The average molecular weight is 288 g/mol. The van der Waals surface area contributed by atoms with Crippen molar-refractivity contribution in [2.24, 2.45) is 0 Å². The van der Waals surface area contributed by atoms with E-state index in [2.05, 4.69) is 0 Å². The van der Waals surface area contributed by atoms with E-state index in [4.69, 9.17) is 5.73 Å². The minimum absolute atomic E-state index is 0.147. The second kappa shape index (κ2) is 5.88. The van der Waals surface area contributed by atoms with Crippen LogP contribution in [0, 0.1) is 12.7 Å². The molecule has 0 aromatic heterocycles. The first-order valence-electron chi connectivity index (χ1n) is 6.29. The Morgan fingerprint density at radius 3 is 2.32 bits per heavy atom. The molecule has 0 heterocycles. The van der Waals surface area contributed by atoms with Gasteiger partial charge in [-0.3, -0.25) is 0 Å². The third-order valence-corrected chi connectivity index (χ3v) is 5.27. The van der Waals surface area contributed by atoms with Crippen LogP contribution < -0.4 is 5.73 Å². The van der Waals surface area contributed by atoms with E-state index in [9.17, 15) is 12.8 Å². The van der Waals surface area contributed by atoms with Crippen LogP contribution in [-0.2, 0) is 10.0 Å². The summed E-state index contributed by atoms with van der Waals surface area (Å²) in [5.41, 5.74) is 6.10. The Hall–Kier alpha value is -1.14. The Morgan fingerprint density at radius 1 is 1.32 bits per heavy atom. The molecule has 0 saturated heterocycles. The molecular formula is C13H21FN2O2S. The zero-order valence-corrected chi connectivity index (χ0v) is 12.6. The van der Waals surface area contributed by atoms with Gasteiger partial charge in [0.15, 0.2) is 0 Å². The van der Waals surface area contributed by atoms with Crippen molar-refractivity contribution in [3.05, 3.63) is 23.5 Å². The standard InChI is InChI=1S/C13H21FN2O2S/c1-5-11(6-2)16(4)19(17,18)12-8-10(15)7-9(3)13(12)14/h7-8,11H,5-6,15H2,1-4H3. The van der Waals surface area contributed by atoms with Crippen molar-refractivity contribution in [2.45, 2.75) is 44.6 Å². The molecule has 1 rings (SSSR count). The van der Waals surface area contributed by atoms with Crippen LogP contribution in [-0.4, -0.2) is 25.8 Å². The Bertz CT molecular complexity index is 554. The molecule has 0 spiro atoms. The quantitative estimate of drug-likeness (QED) is 0.847. The highest BCUT2D eigenvalue weighted by Crippen LogP contribution is 2.26. The molecule has 0 saturated carbocycles. The molecule has 4 nitrogen and oxygen atoms in total. The molecule has 19 heavy (non-hydrogen) atoms. The number of nitrogens with zero attached hydrogens (tertiary/aromatic N) is 1. The molecule has 0 fully saturated rings. The number of hydrogen-bond acceptors (Lipinski definition) is 3. The van der Waals surface area contributed by atoms with Gasteiger partial charge in [0.2, 0.25) is 10.0 Å². The number of anilines is 1. The van der Waals surface area contributed by atoms with Crippen LogP contribution in [0.4, 0.5) is 10.1 Å². The number of rotatable bonds is 5. The fourth-order valence-corrected chi connectivity index (χ4v) is 3.78. The van der Waals surface area contributed by atoms with E-state index in [1.165, 1.54) is 30.4 Å². The van der Waals surface area contributed by atoms with Gasteiger partial charge in [-0.05, 0) is 37.5 Å². The van der Waals surface area contributed by atoms with Crippen molar-refractivity contribution in [1.82, 2.24) is 4.31 Å². The normalized spacial score (nSPS) is 12.4. The highest BCUT2D eigenvalue weighted by atomic mass is 32.2. The molecule has 0 amide bonds. The molecule has 0 unspecified atom stereocenters. The Balaban J connectivity index is 3.35. The van der Waals surface area contributed by atoms with Crippen molar-refractivity contribution in [2.75, 3.05) is 12.8 Å². The molecule has 0 aliphatic rings. The molecule has 0 aliphatic carbocycles. The van der Waals surface area contributed by atoms with E-state index >= 15 is 0 Å². The average Bonchev–Trinajstić information content (AvgIpc) is 2.34. The lowest BCUT2D eigenvalue weighted by Gasteiger charge is -2.26. The number of aryl methyl sites for hydroxylation is 1. The van der Waals surface area contributed by atoms with E-state index in [0.717, 1.165) is 0 Å². The number of nitrogens with two attached hydrogens (primary N) is 1. The lowest BCUT2D eigenvalue weighted by atomic mass is 10.2. The molecule has 2 N–H and O–H groups in total. The predicted octanol–water partition coefficient (Wildman–Crippen LogP) is 2.53. The molecule has 0 radical (unpaired) electrons. The summed E-state index contributed by atoms with van der Waals surface area (Å²) in [5.74, 6) is -0.730. The zero-order chi connectivity index (χ0) is 14.8. The molecule has 1 aromatic carbocycles. The van der Waals surface area contributed by atoms with E-state index in [0.29, 0.717) is 12.8 Å². The SMILES string of the molecule is CCC(CC)N(C)S(=O)(=O)c1cc(N)cc(C)c1F. The van der Waals surface area contributed by atoms with Gasteiger partial charge in [0.05, 0.1) is 0 Å². The lowest BCUT2D eigenvalue weighted by molar-refractivity contribution is 0.348. The highest BCUT2D eigenvalue weighted by molar-refractivity contribution is 7.89. The third kappa shape index (κ3) is 3.06. The van der Waals surface area contributed by atoms with E-state index < -0.39 is 15.8 Å². The second-order valence-electron chi connectivity index (χ2n) is 4.64. The first-order chi connectivity index (χ1) is 8.75. The third-order valence-electron chi connectivity index (χ3n) is 3.36. The van der Waals surface area contributed by atoms with Crippen LogP contribution in [0.1, 0.15) is 32.3 Å². The van der Waals surface area contributed by atoms with Crippen LogP contribution in [0.3, 0.4) is 0 Å². The molecule has 0 atom stereocenters. The molecule has 0 aliphatic heterocycles. The lowest BCUT2D eigenvalue weighted by Crippen LogP contribution is -2.36. The first kappa shape index (κ1) is 15.9. The molecular weight excluding hydrogens is 267 g/mol. The second-order valence-corrected chi connectivity index (χ2v) is 6.61. The van der Waals surface area contributed by atoms with Crippen LogP contribution in [0.5, 0.6) is 0 Å². The Labute approximate surface area is 114 Å². The molecule has 0 bridgehead atoms. The van der Waals surface area contributed by atoms with Gasteiger partial charge < -0.3 is 5.73 Å². The maximum Gasteiger partial charge on any atom is 0.246 e. The maximum absolute atomic E-state index is 14.0. The highest BCUT2D eigenvalue weighted by Gasteiger charge is 2.29.